The van der Waals surface area contributed by atoms with Crippen LogP contribution in [0.1, 0.15) is 56.2 Å². The Morgan fingerprint density at radius 2 is 1.63 bits per heavy atom. The predicted molar refractivity (Wildman–Crippen MR) is 105 cm³/mol. The summed E-state index contributed by atoms with van der Waals surface area (Å²) in [6, 6.07) is 10.6. The molecule has 0 aliphatic heterocycles. The zero-order valence-electron chi connectivity index (χ0n) is 15.0. The highest BCUT2D eigenvalue weighted by molar-refractivity contribution is 7.14. The van der Waals surface area contributed by atoms with E-state index in [4.69, 9.17) is 0 Å². The lowest BCUT2D eigenvalue weighted by atomic mass is 10.00. The number of nitrogens with one attached hydrogen (secondary N) is 3. The average Bonchev–Trinajstić information content (AvgIpc) is 3.07. The topological polar surface area (TPSA) is 87.3 Å². The number of thiophene rings is 1. The van der Waals surface area contributed by atoms with Crippen molar-refractivity contribution >= 4 is 29.1 Å². The average molecular weight is 385 g/mol. The van der Waals surface area contributed by atoms with Gasteiger partial charge in [0.15, 0.2) is 0 Å². The molecule has 6 nitrogen and oxygen atoms in total. The van der Waals surface area contributed by atoms with Crippen LogP contribution in [-0.4, -0.2) is 24.3 Å². The maximum absolute atomic E-state index is 12.3. The lowest BCUT2D eigenvalue weighted by molar-refractivity contribution is -0.120. The fourth-order valence-corrected chi connectivity index (χ4v) is 4.19. The van der Waals surface area contributed by atoms with Gasteiger partial charge in [0, 0.05) is 10.4 Å². The summed E-state index contributed by atoms with van der Waals surface area (Å²) >= 11 is 1.50. The molecule has 3 N–H and O–H groups in total. The SMILES string of the molecule is O=C(CNC(=O)c1ccccc1)NNC(=O)c1cc2c(s1)CCCCCC2. The first-order valence-electron chi connectivity index (χ1n) is 9.17. The van der Waals surface area contributed by atoms with Crippen molar-refractivity contribution < 1.29 is 14.4 Å². The molecule has 1 aliphatic carbocycles. The molecule has 0 saturated heterocycles. The van der Waals surface area contributed by atoms with Gasteiger partial charge in [-0.05, 0) is 49.4 Å². The second-order valence-corrected chi connectivity index (χ2v) is 7.66. The summed E-state index contributed by atoms with van der Waals surface area (Å²) in [6.07, 6.45) is 6.82. The maximum Gasteiger partial charge on any atom is 0.279 e. The Morgan fingerprint density at radius 1 is 0.889 bits per heavy atom. The molecule has 1 aromatic heterocycles. The third-order valence-corrected chi connectivity index (χ3v) is 5.72. The van der Waals surface area contributed by atoms with Gasteiger partial charge in [-0.2, -0.15) is 0 Å². The van der Waals surface area contributed by atoms with E-state index in [9.17, 15) is 14.4 Å². The summed E-state index contributed by atoms with van der Waals surface area (Å²) in [5.41, 5.74) is 6.50. The van der Waals surface area contributed by atoms with E-state index in [2.05, 4.69) is 16.2 Å². The van der Waals surface area contributed by atoms with Crippen molar-refractivity contribution in [3.05, 3.63) is 57.3 Å². The Hall–Kier alpha value is -2.67. The minimum Gasteiger partial charge on any atom is -0.343 e. The van der Waals surface area contributed by atoms with Gasteiger partial charge in [0.05, 0.1) is 11.4 Å². The lowest BCUT2D eigenvalue weighted by Crippen LogP contribution is -2.46. The van der Waals surface area contributed by atoms with Crippen LogP contribution in [0.15, 0.2) is 36.4 Å². The molecule has 1 heterocycles. The minimum absolute atomic E-state index is 0.213. The highest BCUT2D eigenvalue weighted by Gasteiger charge is 2.16. The number of amides is 3. The molecule has 142 valence electrons. The van der Waals surface area contributed by atoms with Gasteiger partial charge in [-0.1, -0.05) is 31.0 Å². The van der Waals surface area contributed by atoms with Gasteiger partial charge in [0.25, 0.3) is 17.7 Å². The van der Waals surface area contributed by atoms with Crippen LogP contribution in [0.25, 0.3) is 0 Å². The normalized spacial score (nSPS) is 13.6. The Labute approximate surface area is 162 Å². The molecular weight excluding hydrogens is 362 g/mol. The summed E-state index contributed by atoms with van der Waals surface area (Å²) < 4.78 is 0. The van der Waals surface area contributed by atoms with Crippen molar-refractivity contribution in [2.45, 2.75) is 38.5 Å². The first-order chi connectivity index (χ1) is 13.1. The van der Waals surface area contributed by atoms with Gasteiger partial charge in [0.1, 0.15) is 0 Å². The summed E-state index contributed by atoms with van der Waals surface area (Å²) in [7, 11) is 0. The van der Waals surface area contributed by atoms with E-state index in [-0.39, 0.29) is 18.4 Å². The van der Waals surface area contributed by atoms with Crippen LogP contribution in [0.2, 0.25) is 0 Å². The predicted octanol–water partition coefficient (Wildman–Crippen LogP) is 2.60. The van der Waals surface area contributed by atoms with Gasteiger partial charge >= 0.3 is 0 Å². The lowest BCUT2D eigenvalue weighted by Gasteiger charge is -2.07. The zero-order valence-corrected chi connectivity index (χ0v) is 15.9. The second-order valence-electron chi connectivity index (χ2n) is 6.52. The van der Waals surface area contributed by atoms with E-state index in [1.165, 1.54) is 34.6 Å². The van der Waals surface area contributed by atoms with E-state index in [1.807, 2.05) is 12.1 Å². The summed E-state index contributed by atoms with van der Waals surface area (Å²) in [5.74, 6) is -1.15. The smallest absolute Gasteiger partial charge is 0.279 e. The van der Waals surface area contributed by atoms with Crippen LogP contribution in [0.5, 0.6) is 0 Å². The van der Waals surface area contributed by atoms with Crippen molar-refractivity contribution in [2.24, 2.45) is 0 Å². The van der Waals surface area contributed by atoms with Crippen LogP contribution in [-0.2, 0) is 17.6 Å². The number of fused-ring (bicyclic) bond motifs is 1. The van der Waals surface area contributed by atoms with Crippen LogP contribution in [0.3, 0.4) is 0 Å². The minimum atomic E-state index is -0.484. The van der Waals surface area contributed by atoms with Gasteiger partial charge in [-0.25, -0.2) is 0 Å². The van der Waals surface area contributed by atoms with Crippen LogP contribution >= 0.6 is 11.3 Å². The Balaban J connectivity index is 1.46. The van der Waals surface area contributed by atoms with Crippen LogP contribution in [0.4, 0.5) is 0 Å². The highest BCUT2D eigenvalue weighted by Crippen LogP contribution is 2.28. The number of rotatable bonds is 4. The van der Waals surface area contributed by atoms with Crippen molar-refractivity contribution in [1.29, 1.82) is 0 Å². The van der Waals surface area contributed by atoms with Gasteiger partial charge in [0.2, 0.25) is 0 Å². The number of hydrazine groups is 1. The Morgan fingerprint density at radius 3 is 2.41 bits per heavy atom. The van der Waals surface area contributed by atoms with Gasteiger partial charge in [-0.3, -0.25) is 25.2 Å². The molecule has 0 unspecified atom stereocenters. The molecule has 2 aromatic rings. The molecule has 0 fully saturated rings. The molecule has 3 amide bonds. The van der Waals surface area contributed by atoms with E-state index < -0.39 is 5.91 Å². The monoisotopic (exact) mass is 385 g/mol. The fourth-order valence-electron chi connectivity index (χ4n) is 3.04. The molecule has 0 spiro atoms. The third-order valence-electron chi connectivity index (χ3n) is 4.48. The Kier molecular flexibility index (Phi) is 6.59. The molecule has 0 radical (unpaired) electrons. The molecule has 27 heavy (non-hydrogen) atoms. The second kappa shape index (κ2) is 9.32. The molecule has 7 heteroatoms. The summed E-state index contributed by atoms with van der Waals surface area (Å²) in [6.45, 7) is -0.213. The molecular formula is C20H23N3O3S. The largest absolute Gasteiger partial charge is 0.343 e. The molecule has 0 atom stereocenters. The fraction of sp³-hybridized carbons (Fsp3) is 0.350. The number of carbonyl (C=O) groups excluding carboxylic acids is 3. The standard InChI is InChI=1S/C20H23N3O3S/c24-18(13-21-19(25)14-8-5-3-6-9-14)22-23-20(26)17-12-15-10-4-1-2-7-11-16(15)27-17/h3,5-6,8-9,12H,1-2,4,7,10-11,13H2,(H,21,25)(H,22,24)(H,23,26). The number of hydrogen-bond acceptors (Lipinski definition) is 4. The van der Waals surface area contributed by atoms with Gasteiger partial charge < -0.3 is 5.32 Å². The van der Waals surface area contributed by atoms with E-state index >= 15 is 0 Å². The summed E-state index contributed by atoms with van der Waals surface area (Å²) in [5, 5.41) is 2.52. The molecule has 3 rings (SSSR count). The summed E-state index contributed by atoms with van der Waals surface area (Å²) in [4.78, 5) is 37.9. The number of hydrogen-bond donors (Lipinski definition) is 3. The van der Waals surface area contributed by atoms with E-state index in [1.54, 1.807) is 24.3 Å². The van der Waals surface area contributed by atoms with Crippen molar-refractivity contribution in [2.75, 3.05) is 6.54 Å². The molecule has 0 saturated carbocycles. The zero-order chi connectivity index (χ0) is 19.1. The first kappa shape index (κ1) is 19.1. The molecule has 0 bridgehead atoms. The van der Waals surface area contributed by atoms with Crippen molar-refractivity contribution in [1.82, 2.24) is 16.2 Å². The number of benzene rings is 1. The highest BCUT2D eigenvalue weighted by atomic mass is 32.1. The van der Waals surface area contributed by atoms with Gasteiger partial charge in [-0.15, -0.1) is 11.3 Å². The van der Waals surface area contributed by atoms with Crippen LogP contribution in [0, 0.1) is 0 Å². The maximum atomic E-state index is 12.3. The first-order valence-corrected chi connectivity index (χ1v) is 9.99. The van der Waals surface area contributed by atoms with Crippen molar-refractivity contribution in [3.8, 4) is 0 Å². The molecule has 1 aromatic carbocycles. The number of carbonyl (C=O) groups is 3. The number of aryl methyl sites for hydroxylation is 2. The quantitative estimate of drug-likeness (QED) is 0.707. The molecule has 1 aliphatic rings. The Bertz CT molecular complexity index is 792. The van der Waals surface area contributed by atoms with E-state index in [0.717, 1.165) is 25.7 Å². The van der Waals surface area contributed by atoms with Crippen LogP contribution < -0.4 is 16.2 Å². The third kappa shape index (κ3) is 5.40. The van der Waals surface area contributed by atoms with E-state index in [0.29, 0.717) is 10.4 Å². The van der Waals surface area contributed by atoms with Crippen molar-refractivity contribution in [3.63, 3.8) is 0 Å².